The molecule has 1 fully saturated rings. The molecular formula is C14H23N3O2. The molecule has 0 atom stereocenters. The maximum absolute atomic E-state index is 11.7. The van der Waals surface area contributed by atoms with Gasteiger partial charge in [-0.3, -0.25) is 9.48 Å². The highest BCUT2D eigenvalue weighted by atomic mass is 16.4. The number of rotatable bonds is 5. The van der Waals surface area contributed by atoms with Crippen LogP contribution in [0.4, 0.5) is 0 Å². The predicted octanol–water partition coefficient (Wildman–Crippen LogP) is 2.51. The van der Waals surface area contributed by atoms with Gasteiger partial charge >= 0.3 is 5.97 Å². The number of carboxylic acids is 1. The van der Waals surface area contributed by atoms with Gasteiger partial charge in [0.15, 0.2) is 0 Å². The Balaban J connectivity index is 2.17. The Morgan fingerprint density at radius 1 is 1.53 bits per heavy atom. The molecule has 0 unspecified atom stereocenters. The summed E-state index contributed by atoms with van der Waals surface area (Å²) in [6.07, 6.45) is 6.52. The van der Waals surface area contributed by atoms with E-state index in [0.717, 1.165) is 44.5 Å². The van der Waals surface area contributed by atoms with E-state index in [4.69, 9.17) is 0 Å². The van der Waals surface area contributed by atoms with E-state index in [1.165, 1.54) is 6.33 Å². The Hall–Kier alpha value is -1.39. The van der Waals surface area contributed by atoms with E-state index in [0.29, 0.717) is 12.3 Å². The molecule has 0 amide bonds. The average molecular weight is 265 g/mol. The summed E-state index contributed by atoms with van der Waals surface area (Å²) >= 11 is 0. The molecule has 1 heterocycles. The van der Waals surface area contributed by atoms with Crippen LogP contribution in [0.5, 0.6) is 0 Å². The third-order valence-corrected chi connectivity index (χ3v) is 4.31. The molecule has 19 heavy (non-hydrogen) atoms. The van der Waals surface area contributed by atoms with Crippen molar-refractivity contribution in [1.82, 2.24) is 14.8 Å². The van der Waals surface area contributed by atoms with Crippen molar-refractivity contribution in [3.8, 4) is 0 Å². The van der Waals surface area contributed by atoms with Crippen molar-refractivity contribution in [1.29, 1.82) is 0 Å². The van der Waals surface area contributed by atoms with Gasteiger partial charge in [0, 0.05) is 13.0 Å². The summed E-state index contributed by atoms with van der Waals surface area (Å²) in [4.78, 5) is 16.0. The van der Waals surface area contributed by atoms with E-state index in [1.54, 1.807) is 0 Å². The van der Waals surface area contributed by atoms with Gasteiger partial charge < -0.3 is 5.11 Å². The summed E-state index contributed by atoms with van der Waals surface area (Å²) in [5.74, 6) is 0.783. The first kappa shape index (κ1) is 14.0. The lowest BCUT2D eigenvalue weighted by molar-refractivity contribution is -0.151. The minimum absolute atomic E-state index is 0.509. The molecular weight excluding hydrogens is 242 g/mol. The SMILES string of the molecule is CCCn1ncnc1CC1(C(=O)O)CCC(C)CC1. The summed E-state index contributed by atoms with van der Waals surface area (Å²) in [7, 11) is 0. The molecule has 5 heteroatoms. The first-order chi connectivity index (χ1) is 9.07. The lowest BCUT2D eigenvalue weighted by Gasteiger charge is -2.35. The molecule has 1 aromatic heterocycles. The van der Waals surface area contributed by atoms with E-state index in [1.807, 2.05) is 4.68 Å². The second kappa shape index (κ2) is 5.72. The largest absolute Gasteiger partial charge is 0.481 e. The smallest absolute Gasteiger partial charge is 0.310 e. The van der Waals surface area contributed by atoms with Crippen molar-refractivity contribution in [2.45, 2.75) is 58.9 Å². The van der Waals surface area contributed by atoms with Gasteiger partial charge in [0.05, 0.1) is 5.41 Å². The van der Waals surface area contributed by atoms with Gasteiger partial charge in [-0.2, -0.15) is 5.10 Å². The van der Waals surface area contributed by atoms with Crippen LogP contribution in [0.3, 0.4) is 0 Å². The molecule has 106 valence electrons. The second-order valence-corrected chi connectivity index (χ2v) is 5.84. The minimum atomic E-state index is -0.676. The zero-order chi connectivity index (χ0) is 13.9. The zero-order valence-electron chi connectivity index (χ0n) is 11.8. The van der Waals surface area contributed by atoms with Crippen LogP contribution in [0.1, 0.15) is 51.8 Å². The fourth-order valence-electron chi connectivity index (χ4n) is 2.91. The van der Waals surface area contributed by atoms with Gasteiger partial charge in [0.2, 0.25) is 0 Å². The maximum Gasteiger partial charge on any atom is 0.310 e. The van der Waals surface area contributed by atoms with E-state index in [9.17, 15) is 9.90 Å². The first-order valence-corrected chi connectivity index (χ1v) is 7.17. The van der Waals surface area contributed by atoms with E-state index in [2.05, 4.69) is 23.9 Å². The Bertz CT molecular complexity index is 434. The molecule has 0 radical (unpaired) electrons. The standard InChI is InChI=1S/C14H23N3O2/c1-3-8-17-12(15-10-16-17)9-14(13(18)19)6-4-11(2)5-7-14/h10-11H,3-9H2,1-2H3,(H,18,19). The van der Waals surface area contributed by atoms with Gasteiger partial charge in [-0.25, -0.2) is 4.98 Å². The molecule has 0 bridgehead atoms. The number of hydrogen-bond acceptors (Lipinski definition) is 3. The Morgan fingerprint density at radius 2 is 2.21 bits per heavy atom. The number of aliphatic carboxylic acids is 1. The third-order valence-electron chi connectivity index (χ3n) is 4.31. The molecule has 1 saturated carbocycles. The van der Waals surface area contributed by atoms with Crippen molar-refractivity contribution in [3.63, 3.8) is 0 Å². The van der Waals surface area contributed by atoms with Crippen molar-refractivity contribution in [2.24, 2.45) is 11.3 Å². The average Bonchev–Trinajstić information content (AvgIpc) is 2.80. The Kier molecular flexibility index (Phi) is 4.22. The Morgan fingerprint density at radius 3 is 2.79 bits per heavy atom. The molecule has 0 saturated heterocycles. The maximum atomic E-state index is 11.7. The molecule has 1 N–H and O–H groups in total. The van der Waals surface area contributed by atoms with Gasteiger partial charge in [0.1, 0.15) is 12.2 Å². The monoisotopic (exact) mass is 265 g/mol. The minimum Gasteiger partial charge on any atom is -0.481 e. The summed E-state index contributed by atoms with van der Waals surface area (Å²) in [6.45, 7) is 5.09. The van der Waals surface area contributed by atoms with E-state index >= 15 is 0 Å². The van der Waals surface area contributed by atoms with Crippen LogP contribution in [-0.4, -0.2) is 25.8 Å². The summed E-state index contributed by atoms with van der Waals surface area (Å²) in [6, 6.07) is 0. The molecule has 1 aromatic rings. The van der Waals surface area contributed by atoms with Crippen LogP contribution in [0.25, 0.3) is 0 Å². The molecule has 1 aliphatic carbocycles. The van der Waals surface area contributed by atoms with Crippen molar-refractivity contribution in [3.05, 3.63) is 12.2 Å². The zero-order valence-corrected chi connectivity index (χ0v) is 11.8. The van der Waals surface area contributed by atoms with Crippen molar-refractivity contribution >= 4 is 5.97 Å². The number of nitrogens with zero attached hydrogens (tertiary/aromatic N) is 3. The van der Waals surface area contributed by atoms with E-state index < -0.39 is 11.4 Å². The van der Waals surface area contributed by atoms with Crippen LogP contribution in [-0.2, 0) is 17.8 Å². The van der Waals surface area contributed by atoms with Gasteiger partial charge in [-0.05, 0) is 38.0 Å². The number of aryl methyl sites for hydroxylation is 1. The summed E-state index contributed by atoms with van der Waals surface area (Å²) < 4.78 is 1.85. The molecule has 0 aliphatic heterocycles. The van der Waals surface area contributed by atoms with Crippen LogP contribution in [0.2, 0.25) is 0 Å². The van der Waals surface area contributed by atoms with Crippen LogP contribution in [0, 0.1) is 11.3 Å². The molecule has 1 aliphatic rings. The first-order valence-electron chi connectivity index (χ1n) is 7.17. The highest BCUT2D eigenvalue weighted by Gasteiger charge is 2.42. The fraction of sp³-hybridized carbons (Fsp3) is 0.786. The van der Waals surface area contributed by atoms with Gasteiger partial charge in [0.25, 0.3) is 0 Å². The third kappa shape index (κ3) is 2.96. The number of carbonyl (C=O) groups is 1. The van der Waals surface area contributed by atoms with Crippen LogP contribution in [0.15, 0.2) is 6.33 Å². The Labute approximate surface area is 114 Å². The molecule has 2 rings (SSSR count). The number of carboxylic acid groups (broad SMARTS) is 1. The lowest BCUT2D eigenvalue weighted by atomic mass is 9.69. The molecule has 5 nitrogen and oxygen atoms in total. The second-order valence-electron chi connectivity index (χ2n) is 5.84. The molecule has 0 aromatic carbocycles. The van der Waals surface area contributed by atoms with Gasteiger partial charge in [-0.15, -0.1) is 0 Å². The quantitative estimate of drug-likeness (QED) is 0.888. The highest BCUT2D eigenvalue weighted by molar-refractivity contribution is 5.75. The van der Waals surface area contributed by atoms with Crippen LogP contribution >= 0.6 is 0 Å². The summed E-state index contributed by atoms with van der Waals surface area (Å²) in [5.41, 5.74) is -0.634. The fourth-order valence-corrected chi connectivity index (χ4v) is 2.91. The van der Waals surface area contributed by atoms with Crippen LogP contribution < -0.4 is 0 Å². The van der Waals surface area contributed by atoms with E-state index in [-0.39, 0.29) is 0 Å². The highest BCUT2D eigenvalue weighted by Crippen LogP contribution is 2.41. The molecule has 0 spiro atoms. The van der Waals surface area contributed by atoms with Crippen molar-refractivity contribution in [2.75, 3.05) is 0 Å². The predicted molar refractivity (Wildman–Crippen MR) is 71.7 cm³/mol. The lowest BCUT2D eigenvalue weighted by Crippen LogP contribution is -2.38. The number of hydrogen-bond donors (Lipinski definition) is 1. The van der Waals surface area contributed by atoms with Gasteiger partial charge in [-0.1, -0.05) is 13.8 Å². The normalized spacial score (nSPS) is 27.4. The van der Waals surface area contributed by atoms with Crippen molar-refractivity contribution < 1.29 is 9.90 Å². The topological polar surface area (TPSA) is 68.0 Å². The number of aromatic nitrogens is 3. The summed E-state index contributed by atoms with van der Waals surface area (Å²) in [5, 5.41) is 13.8.